The molecule has 0 saturated carbocycles. The highest BCUT2D eigenvalue weighted by Gasteiger charge is 2.26. The minimum atomic E-state index is -0.464. The Morgan fingerprint density at radius 2 is 1.68 bits per heavy atom. The van der Waals surface area contributed by atoms with E-state index in [4.69, 9.17) is 4.74 Å². The van der Waals surface area contributed by atoms with E-state index >= 15 is 0 Å². The number of fused-ring (bicyclic) bond motifs is 1. The second-order valence-electron chi connectivity index (χ2n) is 8.34. The average Bonchev–Trinajstić information content (AvgIpc) is 3.47. The normalized spacial score (nSPS) is 12.1. The van der Waals surface area contributed by atoms with E-state index in [1.165, 1.54) is 23.9 Å². The Hall–Kier alpha value is -4.64. The topological polar surface area (TPSA) is 127 Å². The fraction of sp³-hybridized carbons (Fsp3) is 0.148. The Labute approximate surface area is 222 Å². The molecule has 0 fully saturated rings. The molecule has 1 aliphatic heterocycles. The average molecular weight is 529 g/mol. The summed E-state index contributed by atoms with van der Waals surface area (Å²) in [7, 11) is 1.63. The maximum atomic E-state index is 12.6. The summed E-state index contributed by atoms with van der Waals surface area (Å²) in [6, 6.07) is 22.1. The largest absolute Gasteiger partial charge is 0.497 e. The first-order valence-electron chi connectivity index (χ1n) is 11.8. The van der Waals surface area contributed by atoms with Crippen molar-refractivity contribution < 1.29 is 19.1 Å². The fourth-order valence-electron chi connectivity index (χ4n) is 3.94. The third-order valence-electron chi connectivity index (χ3n) is 5.84. The van der Waals surface area contributed by atoms with Crippen LogP contribution >= 0.6 is 11.8 Å². The predicted octanol–water partition coefficient (Wildman–Crippen LogP) is 3.89. The number of carbonyl (C=O) groups is 3. The molecule has 3 amide bonds. The summed E-state index contributed by atoms with van der Waals surface area (Å²) < 4.78 is 7.18. The first-order chi connectivity index (χ1) is 18.5. The molecule has 10 nitrogen and oxygen atoms in total. The smallest absolute Gasteiger partial charge is 0.259 e. The maximum absolute atomic E-state index is 12.6. The van der Waals surface area contributed by atoms with Crippen LogP contribution in [-0.2, 0) is 11.3 Å². The number of hydrogen-bond donors (Lipinski definition) is 3. The SMILES string of the molecule is COc1ccc(NCc2nnc(SCCC(=O)Nc3ccc4c(c3)C(=O)NC4=O)n2-c2ccccc2)cc1. The second-order valence-corrected chi connectivity index (χ2v) is 9.40. The van der Waals surface area contributed by atoms with Crippen LogP contribution in [0.5, 0.6) is 5.75 Å². The van der Waals surface area contributed by atoms with Gasteiger partial charge in [-0.3, -0.25) is 24.3 Å². The fourth-order valence-corrected chi connectivity index (χ4v) is 4.85. The highest BCUT2D eigenvalue weighted by molar-refractivity contribution is 7.99. The summed E-state index contributed by atoms with van der Waals surface area (Å²) in [5.41, 5.74) is 2.87. The van der Waals surface area contributed by atoms with E-state index in [1.54, 1.807) is 13.2 Å². The summed E-state index contributed by atoms with van der Waals surface area (Å²) >= 11 is 1.42. The van der Waals surface area contributed by atoms with Crippen molar-refractivity contribution in [2.24, 2.45) is 0 Å². The summed E-state index contributed by atoms with van der Waals surface area (Å²) in [5.74, 6) is 0.864. The zero-order chi connectivity index (χ0) is 26.5. The standard InChI is InChI=1S/C27H24N6O4S/c1-37-20-10-7-17(8-11-20)28-16-23-31-32-27(33(23)19-5-3-2-4-6-19)38-14-13-24(34)29-18-9-12-21-22(15-18)26(36)30-25(21)35/h2-12,15,28H,13-14,16H2,1H3,(H,29,34)(H,30,35,36). The van der Waals surface area contributed by atoms with Gasteiger partial charge in [-0.2, -0.15) is 0 Å². The number of rotatable bonds is 10. The monoisotopic (exact) mass is 528 g/mol. The molecule has 0 aliphatic carbocycles. The minimum absolute atomic E-state index is 0.214. The van der Waals surface area contributed by atoms with Gasteiger partial charge in [0, 0.05) is 29.2 Å². The Morgan fingerprint density at radius 3 is 2.45 bits per heavy atom. The van der Waals surface area contributed by atoms with Crippen molar-refractivity contribution in [2.75, 3.05) is 23.5 Å². The maximum Gasteiger partial charge on any atom is 0.259 e. The van der Waals surface area contributed by atoms with Crippen LogP contribution in [0.4, 0.5) is 11.4 Å². The summed E-state index contributed by atoms with van der Waals surface area (Å²) in [6.07, 6.45) is 0.216. The Kier molecular flexibility index (Phi) is 7.36. The van der Waals surface area contributed by atoms with Crippen molar-refractivity contribution in [1.29, 1.82) is 0 Å². The molecule has 4 aromatic rings. The summed E-state index contributed by atoms with van der Waals surface area (Å²) in [5, 5.41) is 17.8. The number of carbonyl (C=O) groups excluding carboxylic acids is 3. The Morgan fingerprint density at radius 1 is 0.947 bits per heavy atom. The number of benzene rings is 3. The van der Waals surface area contributed by atoms with Gasteiger partial charge < -0.3 is 15.4 Å². The van der Waals surface area contributed by atoms with Gasteiger partial charge in [0.15, 0.2) is 11.0 Å². The summed E-state index contributed by atoms with van der Waals surface area (Å²) in [4.78, 5) is 36.1. The van der Waals surface area contributed by atoms with E-state index in [2.05, 4.69) is 26.1 Å². The first-order valence-corrected chi connectivity index (χ1v) is 12.8. The van der Waals surface area contributed by atoms with E-state index in [0.717, 1.165) is 22.9 Å². The molecule has 0 spiro atoms. The highest BCUT2D eigenvalue weighted by Crippen LogP contribution is 2.25. The Balaban J connectivity index is 1.23. The van der Waals surface area contributed by atoms with Crippen LogP contribution in [0.15, 0.2) is 78.0 Å². The molecule has 192 valence electrons. The van der Waals surface area contributed by atoms with E-state index < -0.39 is 11.8 Å². The van der Waals surface area contributed by atoms with Crippen LogP contribution in [-0.4, -0.2) is 45.3 Å². The lowest BCUT2D eigenvalue weighted by atomic mass is 10.1. The number of methoxy groups -OCH3 is 1. The van der Waals surface area contributed by atoms with Crippen molar-refractivity contribution in [3.05, 3.63) is 89.7 Å². The van der Waals surface area contributed by atoms with Crippen LogP contribution in [0.2, 0.25) is 0 Å². The van der Waals surface area contributed by atoms with Crippen molar-refractivity contribution in [1.82, 2.24) is 20.1 Å². The van der Waals surface area contributed by atoms with Gasteiger partial charge in [0.2, 0.25) is 5.91 Å². The number of thioether (sulfide) groups is 1. The number of hydrogen-bond acceptors (Lipinski definition) is 8. The molecular formula is C27H24N6O4S. The molecule has 11 heteroatoms. The molecule has 38 heavy (non-hydrogen) atoms. The predicted molar refractivity (Wildman–Crippen MR) is 144 cm³/mol. The molecule has 2 heterocycles. The number of ether oxygens (including phenoxy) is 1. The molecule has 0 saturated heterocycles. The zero-order valence-electron chi connectivity index (χ0n) is 20.4. The van der Waals surface area contributed by atoms with Crippen molar-refractivity contribution in [3.8, 4) is 11.4 Å². The van der Waals surface area contributed by atoms with Gasteiger partial charge in [-0.1, -0.05) is 30.0 Å². The molecule has 0 radical (unpaired) electrons. The van der Waals surface area contributed by atoms with Gasteiger partial charge in [0.25, 0.3) is 11.8 Å². The number of imide groups is 1. The minimum Gasteiger partial charge on any atom is -0.497 e. The lowest BCUT2D eigenvalue weighted by Gasteiger charge is -2.12. The van der Waals surface area contributed by atoms with Gasteiger partial charge >= 0.3 is 0 Å². The number of anilines is 2. The van der Waals surface area contributed by atoms with Crippen molar-refractivity contribution in [2.45, 2.75) is 18.1 Å². The molecular weight excluding hydrogens is 504 g/mol. The molecule has 3 N–H and O–H groups in total. The van der Waals surface area contributed by atoms with E-state index in [9.17, 15) is 14.4 Å². The number of nitrogens with one attached hydrogen (secondary N) is 3. The Bertz CT molecular complexity index is 1490. The van der Waals surface area contributed by atoms with E-state index in [-0.39, 0.29) is 17.9 Å². The van der Waals surface area contributed by atoms with Gasteiger partial charge in [-0.25, -0.2) is 0 Å². The van der Waals surface area contributed by atoms with Gasteiger partial charge in [0.05, 0.1) is 24.8 Å². The third-order valence-corrected chi connectivity index (χ3v) is 6.77. The number of para-hydroxylation sites is 1. The molecule has 1 aliphatic rings. The lowest BCUT2D eigenvalue weighted by Crippen LogP contribution is -2.19. The second kappa shape index (κ2) is 11.2. The van der Waals surface area contributed by atoms with Gasteiger partial charge in [-0.05, 0) is 54.6 Å². The zero-order valence-corrected chi connectivity index (χ0v) is 21.2. The van der Waals surface area contributed by atoms with E-state index in [1.807, 2.05) is 59.2 Å². The number of amides is 3. The van der Waals surface area contributed by atoms with Crippen molar-refractivity contribution in [3.63, 3.8) is 0 Å². The lowest BCUT2D eigenvalue weighted by molar-refractivity contribution is -0.115. The van der Waals surface area contributed by atoms with Crippen LogP contribution in [0.25, 0.3) is 5.69 Å². The molecule has 0 bridgehead atoms. The third kappa shape index (κ3) is 5.52. The molecule has 1 aromatic heterocycles. The first kappa shape index (κ1) is 25.0. The summed E-state index contributed by atoms with van der Waals surface area (Å²) in [6.45, 7) is 0.448. The van der Waals surface area contributed by atoms with Crippen LogP contribution < -0.4 is 20.7 Å². The molecule has 0 unspecified atom stereocenters. The van der Waals surface area contributed by atoms with Gasteiger partial charge in [-0.15, -0.1) is 10.2 Å². The highest BCUT2D eigenvalue weighted by atomic mass is 32.2. The van der Waals surface area contributed by atoms with Crippen LogP contribution in [0.1, 0.15) is 33.0 Å². The quantitative estimate of drug-likeness (QED) is 0.209. The molecule has 3 aromatic carbocycles. The van der Waals surface area contributed by atoms with E-state index in [0.29, 0.717) is 28.7 Å². The van der Waals surface area contributed by atoms with Crippen molar-refractivity contribution >= 4 is 40.9 Å². The van der Waals surface area contributed by atoms with Gasteiger partial charge in [0.1, 0.15) is 5.75 Å². The number of aromatic nitrogens is 3. The number of nitrogens with zero attached hydrogens (tertiary/aromatic N) is 3. The van der Waals surface area contributed by atoms with Crippen LogP contribution in [0, 0.1) is 0 Å². The molecule has 5 rings (SSSR count). The molecule has 0 atom stereocenters. The van der Waals surface area contributed by atoms with Crippen LogP contribution in [0.3, 0.4) is 0 Å².